The Hall–Kier alpha value is -3.40. The summed E-state index contributed by atoms with van der Waals surface area (Å²) in [5.74, 6) is -2.61. The maximum atomic E-state index is 12.5. The van der Waals surface area contributed by atoms with Crippen molar-refractivity contribution in [3.63, 3.8) is 0 Å². The minimum absolute atomic E-state index is 0.0196. The number of amides is 2. The molecule has 3 N–H and O–H groups in total. The molecule has 0 heterocycles. The van der Waals surface area contributed by atoms with E-state index in [2.05, 4.69) is 10.6 Å². The number of carbonyl (C=O) groups excluding carboxylic acids is 2. The van der Waals surface area contributed by atoms with Crippen LogP contribution in [-0.4, -0.2) is 62.2 Å². The topological polar surface area (TPSA) is 139 Å². The molecule has 33 heavy (non-hydrogen) atoms. The molecule has 2 amide bonds. The summed E-state index contributed by atoms with van der Waals surface area (Å²) in [7, 11) is -3.41. The van der Waals surface area contributed by atoms with Crippen LogP contribution in [0, 0.1) is 0 Å². The van der Waals surface area contributed by atoms with E-state index in [1.54, 1.807) is 0 Å². The van der Waals surface area contributed by atoms with Gasteiger partial charge < -0.3 is 20.5 Å². The number of sulfone groups is 1. The van der Waals surface area contributed by atoms with Crippen LogP contribution in [0.25, 0.3) is 11.1 Å². The quantitative estimate of drug-likeness (QED) is 0.505. The first kappa shape index (κ1) is 24.2. The number of hydrogen-bond donors (Lipinski definition) is 3. The van der Waals surface area contributed by atoms with Gasteiger partial charge in [0.05, 0.1) is 5.75 Å². The molecule has 2 aromatic carbocycles. The van der Waals surface area contributed by atoms with Crippen molar-refractivity contribution in [2.45, 2.75) is 31.3 Å². The highest BCUT2D eigenvalue weighted by Crippen LogP contribution is 2.44. The van der Waals surface area contributed by atoms with E-state index in [0.717, 1.165) is 28.5 Å². The Morgan fingerprint density at radius 1 is 1.00 bits per heavy atom. The second-order valence-electron chi connectivity index (χ2n) is 8.01. The third-order valence-electron chi connectivity index (χ3n) is 5.46. The lowest BCUT2D eigenvalue weighted by Gasteiger charge is -2.20. The molecule has 1 aliphatic rings. The Bertz CT molecular complexity index is 1120. The van der Waals surface area contributed by atoms with Crippen molar-refractivity contribution in [1.29, 1.82) is 0 Å². The summed E-state index contributed by atoms with van der Waals surface area (Å²) in [5, 5.41) is 13.6. The Morgan fingerprint density at radius 3 is 2.06 bits per heavy atom. The Labute approximate surface area is 192 Å². The molecular weight excluding hydrogens is 448 g/mol. The number of benzene rings is 2. The van der Waals surface area contributed by atoms with Crippen molar-refractivity contribution in [2.24, 2.45) is 0 Å². The van der Waals surface area contributed by atoms with Gasteiger partial charge in [0.2, 0.25) is 5.91 Å². The summed E-state index contributed by atoms with van der Waals surface area (Å²) in [6, 6.07) is 13.2. The second kappa shape index (κ2) is 10.0. The van der Waals surface area contributed by atoms with Gasteiger partial charge in [-0.05, 0) is 35.6 Å². The number of carboxylic acid groups (broad SMARTS) is 1. The fraction of sp³-hybridized carbons (Fsp3) is 0.348. The third kappa shape index (κ3) is 6.10. The second-order valence-corrected chi connectivity index (χ2v) is 10.3. The number of fused-ring (bicyclic) bond motifs is 3. The highest BCUT2D eigenvalue weighted by atomic mass is 32.2. The van der Waals surface area contributed by atoms with Gasteiger partial charge >= 0.3 is 12.1 Å². The Morgan fingerprint density at radius 2 is 1.55 bits per heavy atom. The maximum absolute atomic E-state index is 12.5. The van der Waals surface area contributed by atoms with Gasteiger partial charge in [-0.3, -0.25) is 9.59 Å². The fourth-order valence-electron chi connectivity index (χ4n) is 3.76. The smallest absolute Gasteiger partial charge is 0.407 e. The Balaban J connectivity index is 1.68. The molecule has 0 aliphatic heterocycles. The normalized spacial score (nSPS) is 14.5. The summed E-state index contributed by atoms with van der Waals surface area (Å²) in [6.07, 6.45) is -0.107. The molecule has 3 rings (SSSR count). The van der Waals surface area contributed by atoms with Crippen LogP contribution in [0.1, 0.15) is 30.4 Å². The average molecular weight is 475 g/mol. The number of carboxylic acids is 1. The lowest BCUT2D eigenvalue weighted by molar-refractivity contribution is -0.141. The first-order valence-electron chi connectivity index (χ1n) is 10.4. The number of hydrogen-bond acceptors (Lipinski definition) is 6. The number of nitrogens with one attached hydrogen (secondary N) is 2. The molecule has 2 aromatic rings. The van der Waals surface area contributed by atoms with E-state index in [1.807, 2.05) is 48.5 Å². The molecule has 2 unspecified atom stereocenters. The van der Waals surface area contributed by atoms with E-state index in [-0.39, 0.29) is 24.7 Å². The lowest BCUT2D eigenvalue weighted by atomic mass is 9.98. The molecule has 0 saturated heterocycles. The van der Waals surface area contributed by atoms with Crippen LogP contribution in [0.2, 0.25) is 0 Å². The van der Waals surface area contributed by atoms with Gasteiger partial charge in [-0.25, -0.2) is 13.2 Å². The third-order valence-corrected chi connectivity index (χ3v) is 6.44. The number of alkyl carbamates (subject to hydrolysis) is 1. The number of rotatable bonds is 9. The minimum atomic E-state index is -3.41. The van der Waals surface area contributed by atoms with Gasteiger partial charge in [0.15, 0.2) is 0 Å². The highest BCUT2D eigenvalue weighted by molar-refractivity contribution is 7.90. The zero-order chi connectivity index (χ0) is 24.2. The van der Waals surface area contributed by atoms with Crippen LogP contribution < -0.4 is 10.6 Å². The number of carbonyl (C=O) groups is 3. The van der Waals surface area contributed by atoms with Crippen LogP contribution in [-0.2, 0) is 24.2 Å². The molecule has 0 saturated carbocycles. The maximum Gasteiger partial charge on any atom is 0.407 e. The minimum Gasteiger partial charge on any atom is -0.480 e. The van der Waals surface area contributed by atoms with Crippen molar-refractivity contribution >= 4 is 27.8 Å². The first-order chi connectivity index (χ1) is 15.6. The van der Waals surface area contributed by atoms with Crippen LogP contribution in [0.15, 0.2) is 48.5 Å². The van der Waals surface area contributed by atoms with Gasteiger partial charge in [-0.15, -0.1) is 0 Å². The van der Waals surface area contributed by atoms with Gasteiger partial charge in [0.1, 0.15) is 28.5 Å². The monoisotopic (exact) mass is 474 g/mol. The predicted octanol–water partition coefficient (Wildman–Crippen LogP) is 1.92. The molecule has 2 atom stereocenters. The summed E-state index contributed by atoms with van der Waals surface area (Å²) in [5.41, 5.74) is 4.17. The van der Waals surface area contributed by atoms with Gasteiger partial charge in [0, 0.05) is 12.2 Å². The van der Waals surface area contributed by atoms with E-state index >= 15 is 0 Å². The van der Waals surface area contributed by atoms with E-state index < -0.39 is 39.9 Å². The van der Waals surface area contributed by atoms with Crippen molar-refractivity contribution in [3.05, 3.63) is 59.7 Å². The summed E-state index contributed by atoms with van der Waals surface area (Å²) in [6.45, 7) is 1.28. The number of ether oxygens (including phenoxy) is 1. The fourth-order valence-corrected chi connectivity index (χ4v) is 4.42. The van der Waals surface area contributed by atoms with Crippen LogP contribution in [0.4, 0.5) is 4.79 Å². The molecule has 0 fully saturated rings. The van der Waals surface area contributed by atoms with Crippen LogP contribution >= 0.6 is 0 Å². The molecule has 0 bridgehead atoms. The predicted molar refractivity (Wildman–Crippen MR) is 122 cm³/mol. The Kier molecular flexibility index (Phi) is 7.37. The molecule has 0 radical (unpaired) electrons. The van der Waals surface area contributed by atoms with Crippen LogP contribution in [0.5, 0.6) is 0 Å². The van der Waals surface area contributed by atoms with Crippen molar-refractivity contribution < 1.29 is 32.6 Å². The van der Waals surface area contributed by atoms with Crippen molar-refractivity contribution in [3.8, 4) is 11.1 Å². The molecule has 10 heteroatoms. The molecule has 9 nitrogen and oxygen atoms in total. The largest absolute Gasteiger partial charge is 0.480 e. The van der Waals surface area contributed by atoms with Crippen LogP contribution in [0.3, 0.4) is 0 Å². The molecule has 1 aliphatic carbocycles. The van der Waals surface area contributed by atoms with Gasteiger partial charge in [-0.1, -0.05) is 48.5 Å². The summed E-state index contributed by atoms with van der Waals surface area (Å²) < 4.78 is 28.5. The summed E-state index contributed by atoms with van der Waals surface area (Å²) >= 11 is 0. The van der Waals surface area contributed by atoms with E-state index in [1.165, 1.54) is 6.92 Å². The average Bonchev–Trinajstić information content (AvgIpc) is 3.08. The first-order valence-corrected chi connectivity index (χ1v) is 12.5. The molecule has 0 aromatic heterocycles. The zero-order valence-corrected chi connectivity index (χ0v) is 19.1. The van der Waals surface area contributed by atoms with E-state index in [0.29, 0.717) is 0 Å². The van der Waals surface area contributed by atoms with Gasteiger partial charge in [-0.2, -0.15) is 0 Å². The van der Waals surface area contributed by atoms with Gasteiger partial charge in [0.25, 0.3) is 0 Å². The SMILES string of the molecule is CC(NC(=O)C(CCS(C)(=O)=O)NC(=O)OCC1c2ccccc2-c2ccccc21)C(=O)O. The number of aliphatic carboxylic acids is 1. The molecule has 176 valence electrons. The zero-order valence-electron chi connectivity index (χ0n) is 18.3. The van der Waals surface area contributed by atoms with E-state index in [4.69, 9.17) is 9.84 Å². The lowest BCUT2D eigenvalue weighted by Crippen LogP contribution is -2.51. The summed E-state index contributed by atoms with van der Waals surface area (Å²) in [4.78, 5) is 36.0. The molecular formula is C23H26N2O7S. The van der Waals surface area contributed by atoms with E-state index in [9.17, 15) is 22.8 Å². The standard InChI is InChI=1S/C23H26N2O7S/c1-14(22(27)28)24-21(26)20(11-12-33(2,30)31)25-23(29)32-13-19-17-9-5-3-7-15(17)16-8-4-6-10-18(16)19/h3-10,14,19-20H,11-13H2,1-2H3,(H,24,26)(H,25,29)(H,27,28). The highest BCUT2D eigenvalue weighted by Gasteiger charge is 2.30. The van der Waals surface area contributed by atoms with Crippen molar-refractivity contribution in [2.75, 3.05) is 18.6 Å². The van der Waals surface area contributed by atoms with Crippen molar-refractivity contribution in [1.82, 2.24) is 10.6 Å². The molecule has 0 spiro atoms.